The molecule has 2 amide bonds. The summed E-state index contributed by atoms with van der Waals surface area (Å²) in [6.07, 6.45) is 1.26. The van der Waals surface area contributed by atoms with Gasteiger partial charge in [-0.3, -0.25) is 14.4 Å². The first-order valence-electron chi connectivity index (χ1n) is 11.1. The second-order valence-electron chi connectivity index (χ2n) is 9.54. The van der Waals surface area contributed by atoms with Gasteiger partial charge in [0.15, 0.2) is 0 Å². The molecule has 3 atom stereocenters. The Kier molecular flexibility index (Phi) is 6.79. The smallest absolute Gasteiger partial charge is 0.294 e. The number of amides is 2. The Morgan fingerprint density at radius 2 is 1.88 bits per heavy atom. The van der Waals surface area contributed by atoms with Gasteiger partial charge in [-0.05, 0) is 82.2 Å². The first-order valence-corrected chi connectivity index (χ1v) is 11.1. The van der Waals surface area contributed by atoms with Gasteiger partial charge in [0.1, 0.15) is 5.82 Å². The minimum Gasteiger partial charge on any atom is -0.393 e. The van der Waals surface area contributed by atoms with Crippen LogP contribution in [0.15, 0.2) is 18.2 Å². The lowest BCUT2D eigenvalue weighted by molar-refractivity contribution is -0.119. The van der Waals surface area contributed by atoms with E-state index in [2.05, 4.69) is 10.6 Å². The summed E-state index contributed by atoms with van der Waals surface area (Å²) in [5, 5.41) is 15.8. The van der Waals surface area contributed by atoms with Crippen molar-refractivity contribution in [3.8, 4) is 0 Å². The fourth-order valence-corrected chi connectivity index (χ4v) is 4.61. The molecule has 1 aromatic heterocycles. The highest BCUT2D eigenvalue weighted by Crippen LogP contribution is 2.32. The molecule has 1 fully saturated rings. The topological polar surface area (TPSA) is 100 Å². The molecule has 33 heavy (non-hydrogen) atoms. The first kappa shape index (κ1) is 24.6. The zero-order chi connectivity index (χ0) is 24.7. The lowest BCUT2D eigenvalue weighted by atomic mass is 9.76. The summed E-state index contributed by atoms with van der Waals surface area (Å²) in [4.78, 5) is 39.0. The molecule has 7 nitrogen and oxygen atoms in total. The molecule has 0 spiro atoms. The molecule has 2 aromatic rings. The molecule has 178 valence electrons. The van der Waals surface area contributed by atoms with E-state index in [0.29, 0.717) is 40.9 Å². The van der Waals surface area contributed by atoms with E-state index in [-0.39, 0.29) is 17.4 Å². The van der Waals surface area contributed by atoms with Crippen LogP contribution in [-0.2, 0) is 11.8 Å². The number of nitrogens with one attached hydrogen (secondary N) is 2. The number of hydrogen-bond acceptors (Lipinski definition) is 4. The monoisotopic (exact) mass is 457 g/mol. The summed E-state index contributed by atoms with van der Waals surface area (Å²) in [7, 11) is 1.63. The van der Waals surface area contributed by atoms with Crippen LogP contribution in [-0.4, -0.2) is 38.9 Å². The average Bonchev–Trinajstić information content (AvgIpc) is 2.95. The highest BCUT2D eigenvalue weighted by molar-refractivity contribution is 6.43. The maximum absolute atomic E-state index is 13.5. The Balaban J connectivity index is 1.83. The van der Waals surface area contributed by atoms with Gasteiger partial charge in [0.05, 0.1) is 17.4 Å². The molecule has 3 rings (SSSR count). The van der Waals surface area contributed by atoms with Crippen LogP contribution in [0.2, 0.25) is 0 Å². The second kappa shape index (κ2) is 9.09. The van der Waals surface area contributed by atoms with Gasteiger partial charge in [-0.15, -0.1) is 0 Å². The van der Waals surface area contributed by atoms with Crippen molar-refractivity contribution in [1.29, 1.82) is 0 Å². The molecule has 1 aliphatic rings. The number of Topliss-reactive ketones (excluding diaryl/α,β-unsaturated/α-hetero) is 1. The number of aryl methyl sites for hydroxylation is 1. The number of aromatic nitrogens is 1. The number of aliphatic hydroxyl groups is 1. The summed E-state index contributed by atoms with van der Waals surface area (Å²) >= 11 is 0. The van der Waals surface area contributed by atoms with Crippen LogP contribution >= 0.6 is 0 Å². The zero-order valence-electron chi connectivity index (χ0n) is 20.0. The molecule has 1 saturated carbocycles. The van der Waals surface area contributed by atoms with Gasteiger partial charge in [0.25, 0.3) is 17.6 Å². The number of halogens is 1. The van der Waals surface area contributed by atoms with Crippen LogP contribution in [0.1, 0.15) is 70.8 Å². The van der Waals surface area contributed by atoms with Crippen LogP contribution < -0.4 is 10.6 Å². The van der Waals surface area contributed by atoms with E-state index in [1.165, 1.54) is 18.2 Å². The standard InChI is InChI=1S/C25H32FN3O4/c1-13-9-10-25(5,12-19(13)30)28-24(33)22(31)21-15(3)20(16(4)29(21)6)23(32)27-17-7-8-18(26)14(2)11-17/h7-8,11,13,19,30H,9-10,12H2,1-6H3,(H,27,32)(H,28,33)/t13-,19+,25?/m1/s1. The fraction of sp³-hybridized carbons (Fsp3) is 0.480. The van der Waals surface area contributed by atoms with Gasteiger partial charge in [0, 0.05) is 24.0 Å². The Bertz CT molecular complexity index is 1120. The van der Waals surface area contributed by atoms with Crippen LogP contribution in [0.4, 0.5) is 10.1 Å². The fourth-order valence-electron chi connectivity index (χ4n) is 4.61. The maximum atomic E-state index is 13.5. The molecule has 8 heteroatoms. The molecular weight excluding hydrogens is 425 g/mol. The summed E-state index contributed by atoms with van der Waals surface area (Å²) in [6, 6.07) is 4.27. The number of aliphatic hydroxyl groups excluding tert-OH is 1. The largest absolute Gasteiger partial charge is 0.393 e. The van der Waals surface area contributed by atoms with Crippen molar-refractivity contribution in [2.45, 2.75) is 65.5 Å². The summed E-state index contributed by atoms with van der Waals surface area (Å²) in [6.45, 7) is 8.73. The highest BCUT2D eigenvalue weighted by Gasteiger charge is 2.38. The molecule has 0 radical (unpaired) electrons. The van der Waals surface area contributed by atoms with Gasteiger partial charge in [0.2, 0.25) is 0 Å². The lowest BCUT2D eigenvalue weighted by Gasteiger charge is -2.39. The van der Waals surface area contributed by atoms with Crippen molar-refractivity contribution in [1.82, 2.24) is 9.88 Å². The van der Waals surface area contributed by atoms with Gasteiger partial charge >= 0.3 is 0 Å². The Morgan fingerprint density at radius 1 is 1.21 bits per heavy atom. The lowest BCUT2D eigenvalue weighted by Crippen LogP contribution is -2.53. The molecule has 1 unspecified atom stereocenters. The quantitative estimate of drug-likeness (QED) is 0.472. The van der Waals surface area contributed by atoms with E-state index < -0.39 is 29.2 Å². The molecule has 1 aromatic carbocycles. The van der Waals surface area contributed by atoms with E-state index >= 15 is 0 Å². The van der Waals surface area contributed by atoms with Crippen molar-refractivity contribution in [2.24, 2.45) is 13.0 Å². The van der Waals surface area contributed by atoms with Crippen molar-refractivity contribution in [2.75, 3.05) is 5.32 Å². The third-order valence-electron chi connectivity index (χ3n) is 6.88. The minimum atomic E-state index is -0.760. The number of rotatable bonds is 5. The number of anilines is 1. The zero-order valence-corrected chi connectivity index (χ0v) is 20.0. The molecule has 1 heterocycles. The van der Waals surface area contributed by atoms with Crippen molar-refractivity contribution >= 4 is 23.3 Å². The SMILES string of the molecule is Cc1cc(NC(=O)c2c(C)c(C(=O)C(=O)NC3(C)CC[C@@H](C)[C@@H](O)C3)n(C)c2C)ccc1F. The molecule has 1 aliphatic carbocycles. The van der Waals surface area contributed by atoms with E-state index in [1.54, 1.807) is 32.4 Å². The Morgan fingerprint density at radius 3 is 2.48 bits per heavy atom. The van der Waals surface area contributed by atoms with Crippen molar-refractivity contribution in [3.63, 3.8) is 0 Å². The average molecular weight is 458 g/mol. The van der Waals surface area contributed by atoms with Crippen LogP contribution in [0.25, 0.3) is 0 Å². The van der Waals surface area contributed by atoms with Crippen molar-refractivity contribution < 1.29 is 23.9 Å². The van der Waals surface area contributed by atoms with Crippen LogP contribution in [0.5, 0.6) is 0 Å². The second-order valence-corrected chi connectivity index (χ2v) is 9.54. The van der Waals surface area contributed by atoms with Crippen molar-refractivity contribution in [3.05, 3.63) is 52.1 Å². The molecule has 0 saturated heterocycles. The summed E-state index contributed by atoms with van der Waals surface area (Å²) < 4.78 is 15.1. The van der Waals surface area contributed by atoms with Crippen LogP contribution in [0.3, 0.4) is 0 Å². The minimum absolute atomic E-state index is 0.138. The molecule has 3 N–H and O–H groups in total. The Hall–Kier alpha value is -3.00. The number of benzene rings is 1. The predicted octanol–water partition coefficient (Wildman–Crippen LogP) is 3.58. The third kappa shape index (κ3) is 4.85. The van der Waals surface area contributed by atoms with E-state index in [4.69, 9.17) is 0 Å². The normalized spacial score (nSPS) is 22.7. The van der Waals surface area contributed by atoms with Gasteiger partial charge in [-0.25, -0.2) is 4.39 Å². The van der Waals surface area contributed by atoms with E-state index in [1.807, 2.05) is 13.8 Å². The predicted molar refractivity (Wildman–Crippen MR) is 124 cm³/mol. The number of nitrogens with zero attached hydrogens (tertiary/aromatic N) is 1. The van der Waals surface area contributed by atoms with E-state index in [9.17, 15) is 23.9 Å². The van der Waals surface area contributed by atoms with E-state index in [0.717, 1.165) is 6.42 Å². The molecule has 0 bridgehead atoms. The molecule has 0 aliphatic heterocycles. The molecular formula is C25H32FN3O4. The summed E-state index contributed by atoms with van der Waals surface area (Å²) in [5.41, 5.74) is 1.53. The first-order chi connectivity index (χ1) is 15.3. The Labute approximate surface area is 193 Å². The summed E-state index contributed by atoms with van der Waals surface area (Å²) in [5.74, 6) is -2.15. The van der Waals surface area contributed by atoms with Gasteiger partial charge in [-0.1, -0.05) is 6.92 Å². The number of ketones is 1. The number of carbonyl (C=O) groups excluding carboxylic acids is 3. The number of hydrogen-bond donors (Lipinski definition) is 3. The maximum Gasteiger partial charge on any atom is 0.294 e. The van der Waals surface area contributed by atoms with Gasteiger partial charge < -0.3 is 20.3 Å². The highest BCUT2D eigenvalue weighted by atomic mass is 19.1. The third-order valence-corrected chi connectivity index (χ3v) is 6.88. The van der Waals surface area contributed by atoms with Gasteiger partial charge in [-0.2, -0.15) is 0 Å². The number of carbonyl (C=O) groups is 3. The van der Waals surface area contributed by atoms with Crippen LogP contribution in [0, 0.1) is 32.5 Å².